The highest BCUT2D eigenvalue weighted by Gasteiger charge is 2.24. The molecule has 2 amide bonds. The molecule has 0 radical (unpaired) electrons. The van der Waals surface area contributed by atoms with Gasteiger partial charge in [-0.15, -0.1) is 0 Å². The molecule has 0 saturated carbocycles. The van der Waals surface area contributed by atoms with E-state index in [1.807, 2.05) is 37.3 Å². The Morgan fingerprint density at radius 2 is 2.07 bits per heavy atom. The number of hydrogen-bond acceptors (Lipinski definition) is 4. The molecule has 1 aliphatic rings. The number of amides is 2. The largest absolute Gasteiger partial charge is 0.493 e. The summed E-state index contributed by atoms with van der Waals surface area (Å²) in [6, 6.07) is 12.4. The highest BCUT2D eigenvalue weighted by atomic mass is 16.5. The first-order chi connectivity index (χ1) is 13.6. The summed E-state index contributed by atoms with van der Waals surface area (Å²) in [5.41, 5.74) is 2.95. The van der Waals surface area contributed by atoms with E-state index in [1.54, 1.807) is 12.1 Å². The van der Waals surface area contributed by atoms with E-state index < -0.39 is 6.04 Å². The van der Waals surface area contributed by atoms with E-state index in [1.165, 1.54) is 0 Å². The van der Waals surface area contributed by atoms with Gasteiger partial charge in [0.1, 0.15) is 11.8 Å². The maximum atomic E-state index is 12.6. The molecule has 1 heterocycles. The van der Waals surface area contributed by atoms with Gasteiger partial charge in [-0.1, -0.05) is 25.1 Å². The van der Waals surface area contributed by atoms with Crippen molar-refractivity contribution in [2.45, 2.75) is 38.8 Å². The summed E-state index contributed by atoms with van der Waals surface area (Å²) in [7, 11) is 0. The van der Waals surface area contributed by atoms with Crippen LogP contribution in [0.3, 0.4) is 0 Å². The molecule has 0 bridgehead atoms. The Balaban J connectivity index is 1.78. The van der Waals surface area contributed by atoms with Crippen LogP contribution in [0.15, 0.2) is 42.5 Å². The first-order valence-corrected chi connectivity index (χ1v) is 9.68. The average molecular weight is 382 g/mol. The van der Waals surface area contributed by atoms with Crippen molar-refractivity contribution >= 4 is 11.8 Å². The summed E-state index contributed by atoms with van der Waals surface area (Å²) in [5.74, 6) is 0.269. The number of benzene rings is 2. The Kier molecular flexibility index (Phi) is 6.66. The Labute approximate surface area is 164 Å². The minimum Gasteiger partial charge on any atom is -0.493 e. The fourth-order valence-corrected chi connectivity index (χ4v) is 3.23. The van der Waals surface area contributed by atoms with Gasteiger partial charge in [0.15, 0.2) is 0 Å². The van der Waals surface area contributed by atoms with E-state index >= 15 is 0 Å². The van der Waals surface area contributed by atoms with Crippen molar-refractivity contribution in [2.24, 2.45) is 0 Å². The van der Waals surface area contributed by atoms with Crippen LogP contribution in [-0.4, -0.2) is 36.1 Å². The van der Waals surface area contributed by atoms with Crippen LogP contribution in [0.2, 0.25) is 0 Å². The highest BCUT2D eigenvalue weighted by molar-refractivity contribution is 5.98. The lowest BCUT2D eigenvalue weighted by atomic mass is 10.00. The zero-order chi connectivity index (χ0) is 19.9. The van der Waals surface area contributed by atoms with Gasteiger partial charge in [0.2, 0.25) is 5.91 Å². The molecule has 0 aromatic heterocycles. The Hall–Kier alpha value is -2.86. The fourth-order valence-electron chi connectivity index (χ4n) is 3.23. The van der Waals surface area contributed by atoms with Gasteiger partial charge in [0.05, 0.1) is 13.2 Å². The van der Waals surface area contributed by atoms with Gasteiger partial charge in [-0.3, -0.25) is 9.59 Å². The average Bonchev–Trinajstić information content (AvgIpc) is 2.73. The number of hydrogen-bond donors (Lipinski definition) is 3. The molecular weight excluding hydrogens is 356 g/mol. The maximum absolute atomic E-state index is 12.6. The standard InChI is InChI=1S/C22H26N2O4/c1-2-11-28-20-9-8-16(13-18(20)14-25)15-5-3-6-17(12-15)21(26)24-19-7-4-10-23-22(19)27/h3,5-6,8-9,12-13,19,25H,2,4,7,10-11,14H2,1H3,(H,23,27)(H,24,26)/t19-/m0/s1. The van der Waals surface area contributed by atoms with Gasteiger partial charge in [-0.2, -0.15) is 0 Å². The van der Waals surface area contributed by atoms with Crippen LogP contribution in [-0.2, 0) is 11.4 Å². The van der Waals surface area contributed by atoms with Gasteiger partial charge in [0.25, 0.3) is 5.91 Å². The normalized spacial score (nSPS) is 16.4. The van der Waals surface area contributed by atoms with Gasteiger partial charge in [-0.25, -0.2) is 0 Å². The van der Waals surface area contributed by atoms with E-state index in [2.05, 4.69) is 10.6 Å². The van der Waals surface area contributed by atoms with Crippen LogP contribution in [0.4, 0.5) is 0 Å². The summed E-state index contributed by atoms with van der Waals surface area (Å²) in [6.45, 7) is 3.16. The molecule has 3 rings (SSSR count). The maximum Gasteiger partial charge on any atom is 0.251 e. The second-order valence-electron chi connectivity index (χ2n) is 6.87. The van der Waals surface area contributed by atoms with Crippen molar-refractivity contribution in [3.8, 4) is 16.9 Å². The molecule has 0 aliphatic carbocycles. The molecule has 1 fully saturated rings. The van der Waals surface area contributed by atoms with Crippen molar-refractivity contribution in [3.63, 3.8) is 0 Å². The third kappa shape index (κ3) is 4.70. The lowest BCUT2D eigenvalue weighted by Gasteiger charge is -2.22. The van der Waals surface area contributed by atoms with Gasteiger partial charge < -0.3 is 20.5 Å². The van der Waals surface area contributed by atoms with Crippen LogP contribution in [0.1, 0.15) is 42.1 Å². The quantitative estimate of drug-likeness (QED) is 0.687. The van der Waals surface area contributed by atoms with Crippen LogP contribution < -0.4 is 15.4 Å². The van der Waals surface area contributed by atoms with Crippen molar-refractivity contribution in [3.05, 3.63) is 53.6 Å². The predicted molar refractivity (Wildman–Crippen MR) is 107 cm³/mol. The Morgan fingerprint density at radius 1 is 1.25 bits per heavy atom. The van der Waals surface area contributed by atoms with E-state index in [0.717, 1.165) is 24.0 Å². The number of rotatable bonds is 7. The van der Waals surface area contributed by atoms with Crippen LogP contribution >= 0.6 is 0 Å². The molecule has 2 aromatic rings. The minimum atomic E-state index is -0.485. The zero-order valence-corrected chi connectivity index (χ0v) is 16.0. The number of aliphatic hydroxyl groups excluding tert-OH is 1. The zero-order valence-electron chi connectivity index (χ0n) is 16.0. The number of ether oxygens (including phenoxy) is 1. The molecule has 0 spiro atoms. The van der Waals surface area contributed by atoms with E-state index in [4.69, 9.17) is 4.74 Å². The second-order valence-corrected chi connectivity index (χ2v) is 6.87. The SMILES string of the molecule is CCCOc1ccc(-c2cccc(C(=O)N[C@H]3CCCNC3=O)c2)cc1CO. The molecular formula is C22H26N2O4. The molecule has 6 nitrogen and oxygen atoms in total. The molecule has 3 N–H and O–H groups in total. The Morgan fingerprint density at radius 3 is 2.82 bits per heavy atom. The lowest BCUT2D eigenvalue weighted by Crippen LogP contribution is -2.50. The fraction of sp³-hybridized carbons (Fsp3) is 0.364. The minimum absolute atomic E-state index is 0.121. The number of carbonyl (C=O) groups is 2. The van der Waals surface area contributed by atoms with Gasteiger partial charge >= 0.3 is 0 Å². The molecule has 1 aliphatic heterocycles. The molecule has 2 aromatic carbocycles. The first kappa shape index (κ1) is 19.9. The molecule has 0 unspecified atom stereocenters. The molecule has 28 heavy (non-hydrogen) atoms. The number of aliphatic hydroxyl groups is 1. The van der Waals surface area contributed by atoms with E-state index in [0.29, 0.717) is 36.4 Å². The summed E-state index contributed by atoms with van der Waals surface area (Å²) in [4.78, 5) is 24.5. The number of piperidine rings is 1. The first-order valence-electron chi connectivity index (χ1n) is 9.68. The monoisotopic (exact) mass is 382 g/mol. The smallest absolute Gasteiger partial charge is 0.251 e. The molecule has 6 heteroatoms. The van der Waals surface area contributed by atoms with Crippen LogP contribution in [0.5, 0.6) is 5.75 Å². The third-order valence-corrected chi connectivity index (χ3v) is 4.74. The van der Waals surface area contributed by atoms with Crippen molar-refractivity contribution in [2.75, 3.05) is 13.2 Å². The lowest BCUT2D eigenvalue weighted by molar-refractivity contribution is -0.124. The number of nitrogens with one attached hydrogen (secondary N) is 2. The van der Waals surface area contributed by atoms with Gasteiger partial charge in [-0.05, 0) is 54.7 Å². The van der Waals surface area contributed by atoms with Crippen molar-refractivity contribution < 1.29 is 19.4 Å². The summed E-state index contributed by atoms with van der Waals surface area (Å²) in [5, 5.41) is 15.2. The summed E-state index contributed by atoms with van der Waals surface area (Å²) >= 11 is 0. The summed E-state index contributed by atoms with van der Waals surface area (Å²) in [6.07, 6.45) is 2.40. The number of carbonyl (C=O) groups excluding carboxylic acids is 2. The van der Waals surface area contributed by atoms with E-state index in [-0.39, 0.29) is 18.4 Å². The van der Waals surface area contributed by atoms with Gasteiger partial charge in [0, 0.05) is 17.7 Å². The van der Waals surface area contributed by atoms with E-state index in [9.17, 15) is 14.7 Å². The third-order valence-electron chi connectivity index (χ3n) is 4.74. The summed E-state index contributed by atoms with van der Waals surface area (Å²) < 4.78 is 5.66. The van der Waals surface area contributed by atoms with Crippen molar-refractivity contribution in [1.29, 1.82) is 0 Å². The Bertz CT molecular complexity index is 850. The predicted octanol–water partition coefficient (Wildman–Crippen LogP) is 2.64. The molecule has 1 saturated heterocycles. The van der Waals surface area contributed by atoms with Crippen molar-refractivity contribution in [1.82, 2.24) is 10.6 Å². The molecule has 1 atom stereocenters. The van der Waals surface area contributed by atoms with Crippen LogP contribution in [0.25, 0.3) is 11.1 Å². The highest BCUT2D eigenvalue weighted by Crippen LogP contribution is 2.27. The second kappa shape index (κ2) is 9.37. The topological polar surface area (TPSA) is 87.7 Å². The van der Waals surface area contributed by atoms with Crippen LogP contribution in [0, 0.1) is 0 Å². The molecule has 148 valence electrons.